The van der Waals surface area contributed by atoms with Crippen molar-refractivity contribution in [3.05, 3.63) is 52.7 Å². The summed E-state index contributed by atoms with van der Waals surface area (Å²) in [6, 6.07) is 5.95. The highest BCUT2D eigenvalue weighted by atomic mass is 19.3. The topological polar surface area (TPSA) is 56.7 Å². The zero-order chi connectivity index (χ0) is 16.6. The number of aromatic nitrogens is 4. The number of benzene rings is 1. The first-order valence-corrected chi connectivity index (χ1v) is 6.84. The largest absolute Gasteiger partial charge is 0.332 e. The van der Waals surface area contributed by atoms with E-state index < -0.39 is 6.43 Å². The van der Waals surface area contributed by atoms with E-state index in [4.69, 9.17) is 4.52 Å². The summed E-state index contributed by atoms with van der Waals surface area (Å²) >= 11 is 0. The molecule has 120 valence electrons. The second kappa shape index (κ2) is 5.86. The van der Waals surface area contributed by atoms with Crippen molar-refractivity contribution in [2.75, 3.05) is 0 Å². The van der Waals surface area contributed by atoms with Crippen molar-refractivity contribution in [3.63, 3.8) is 0 Å². The van der Waals surface area contributed by atoms with Crippen LogP contribution in [0.1, 0.15) is 29.1 Å². The fourth-order valence-electron chi connectivity index (χ4n) is 2.27. The van der Waals surface area contributed by atoms with Crippen LogP contribution in [-0.2, 0) is 13.5 Å². The van der Waals surface area contributed by atoms with Crippen molar-refractivity contribution >= 4 is 0 Å². The average molecular weight is 322 g/mol. The molecule has 0 aliphatic rings. The predicted molar refractivity (Wildman–Crippen MR) is 75.4 cm³/mol. The lowest BCUT2D eigenvalue weighted by Gasteiger charge is -2.03. The maximum Gasteiger partial charge on any atom is 0.280 e. The molecule has 0 spiro atoms. The Kier molecular flexibility index (Phi) is 3.89. The first-order valence-electron chi connectivity index (χ1n) is 6.84. The molecular formula is C15H13F3N4O. The molecular weight excluding hydrogens is 309 g/mol. The third-order valence-electron chi connectivity index (χ3n) is 3.51. The van der Waals surface area contributed by atoms with Gasteiger partial charge in [-0.1, -0.05) is 17.3 Å². The van der Waals surface area contributed by atoms with Crippen LogP contribution >= 0.6 is 0 Å². The maximum atomic E-state index is 13.8. The molecule has 2 heterocycles. The molecule has 0 radical (unpaired) electrons. The summed E-state index contributed by atoms with van der Waals surface area (Å²) in [5, 5.41) is 7.69. The van der Waals surface area contributed by atoms with E-state index in [9.17, 15) is 13.2 Å². The number of alkyl halides is 2. The molecule has 3 rings (SSSR count). The zero-order valence-corrected chi connectivity index (χ0v) is 12.4. The Morgan fingerprint density at radius 3 is 2.74 bits per heavy atom. The molecule has 0 fully saturated rings. The van der Waals surface area contributed by atoms with Gasteiger partial charge in [0.2, 0.25) is 0 Å². The summed E-state index contributed by atoms with van der Waals surface area (Å²) in [5.41, 5.74) is 1.15. The minimum absolute atomic E-state index is 0.0245. The highest BCUT2D eigenvalue weighted by molar-refractivity contribution is 5.47. The molecule has 0 unspecified atom stereocenters. The van der Waals surface area contributed by atoms with E-state index in [0.717, 1.165) is 10.2 Å². The molecule has 0 amide bonds. The number of halogens is 3. The second-order valence-electron chi connectivity index (χ2n) is 5.11. The van der Waals surface area contributed by atoms with Crippen LogP contribution in [0.15, 0.2) is 28.8 Å². The Balaban J connectivity index is 1.88. The van der Waals surface area contributed by atoms with Crippen LogP contribution in [0.5, 0.6) is 0 Å². The molecule has 0 bridgehead atoms. The summed E-state index contributed by atoms with van der Waals surface area (Å²) < 4.78 is 45.5. The Morgan fingerprint density at radius 2 is 2.09 bits per heavy atom. The number of hydrogen-bond acceptors (Lipinski definition) is 4. The first kappa shape index (κ1) is 15.3. The SMILES string of the molecule is Cc1cccc(F)c1Cc1noc(-c2cc(C(F)F)n(C)n2)n1. The number of rotatable bonds is 4. The zero-order valence-electron chi connectivity index (χ0n) is 12.4. The van der Waals surface area contributed by atoms with Crippen molar-refractivity contribution in [1.29, 1.82) is 0 Å². The fraction of sp³-hybridized carbons (Fsp3) is 0.267. The van der Waals surface area contributed by atoms with E-state index in [1.54, 1.807) is 19.1 Å². The van der Waals surface area contributed by atoms with Crippen LogP contribution in [0.25, 0.3) is 11.6 Å². The lowest BCUT2D eigenvalue weighted by molar-refractivity contribution is 0.141. The molecule has 0 saturated heterocycles. The highest BCUT2D eigenvalue weighted by Crippen LogP contribution is 2.24. The molecule has 0 aliphatic carbocycles. The van der Waals surface area contributed by atoms with E-state index >= 15 is 0 Å². The summed E-state index contributed by atoms with van der Waals surface area (Å²) in [7, 11) is 1.41. The summed E-state index contributed by atoms with van der Waals surface area (Å²) in [6.07, 6.45) is -2.50. The van der Waals surface area contributed by atoms with Gasteiger partial charge in [-0.25, -0.2) is 13.2 Å². The van der Waals surface area contributed by atoms with E-state index in [-0.39, 0.29) is 35.3 Å². The summed E-state index contributed by atoms with van der Waals surface area (Å²) in [6.45, 7) is 1.78. The molecule has 0 N–H and O–H groups in total. The molecule has 0 saturated carbocycles. The Labute approximate surface area is 129 Å². The third kappa shape index (κ3) is 2.96. The third-order valence-corrected chi connectivity index (χ3v) is 3.51. The van der Waals surface area contributed by atoms with Crippen LogP contribution in [0.2, 0.25) is 0 Å². The standard InChI is InChI=1S/C15H13F3N4O/c1-8-4-3-5-10(16)9(8)6-13-19-15(23-21-13)11-7-12(14(17)18)22(2)20-11/h3-5,7,14H,6H2,1-2H3. The maximum absolute atomic E-state index is 13.8. The first-order chi connectivity index (χ1) is 11.0. The molecule has 5 nitrogen and oxygen atoms in total. The van der Waals surface area contributed by atoms with Crippen LogP contribution in [0.4, 0.5) is 13.2 Å². The van der Waals surface area contributed by atoms with Gasteiger partial charge in [-0.05, 0) is 30.2 Å². The van der Waals surface area contributed by atoms with Crippen LogP contribution in [-0.4, -0.2) is 19.9 Å². The van der Waals surface area contributed by atoms with Gasteiger partial charge in [-0.2, -0.15) is 10.1 Å². The van der Waals surface area contributed by atoms with Crippen molar-refractivity contribution in [3.8, 4) is 11.6 Å². The molecule has 0 aliphatic heterocycles. The van der Waals surface area contributed by atoms with Gasteiger partial charge in [0, 0.05) is 13.5 Å². The van der Waals surface area contributed by atoms with Crippen LogP contribution < -0.4 is 0 Å². The molecule has 8 heteroatoms. The normalized spacial score (nSPS) is 11.4. The van der Waals surface area contributed by atoms with Crippen molar-refractivity contribution in [2.45, 2.75) is 19.8 Å². The Bertz CT molecular complexity index is 821. The summed E-state index contributed by atoms with van der Waals surface area (Å²) in [5.74, 6) is -0.0666. The minimum Gasteiger partial charge on any atom is -0.332 e. The monoisotopic (exact) mass is 322 g/mol. The van der Waals surface area contributed by atoms with Gasteiger partial charge in [0.15, 0.2) is 11.5 Å². The molecule has 1 aromatic carbocycles. The van der Waals surface area contributed by atoms with Gasteiger partial charge in [-0.15, -0.1) is 0 Å². The van der Waals surface area contributed by atoms with Gasteiger partial charge in [-0.3, -0.25) is 4.68 Å². The van der Waals surface area contributed by atoms with E-state index in [1.165, 1.54) is 19.2 Å². The summed E-state index contributed by atoms with van der Waals surface area (Å²) in [4.78, 5) is 4.11. The molecule has 2 aromatic heterocycles. The van der Waals surface area contributed by atoms with Crippen molar-refractivity contribution < 1.29 is 17.7 Å². The van der Waals surface area contributed by atoms with E-state index in [0.29, 0.717) is 5.56 Å². The van der Waals surface area contributed by atoms with E-state index in [1.807, 2.05) is 0 Å². The average Bonchev–Trinajstić information content (AvgIpc) is 3.09. The van der Waals surface area contributed by atoms with Gasteiger partial charge >= 0.3 is 0 Å². The van der Waals surface area contributed by atoms with Gasteiger partial charge in [0.1, 0.15) is 11.5 Å². The van der Waals surface area contributed by atoms with E-state index in [2.05, 4.69) is 15.2 Å². The van der Waals surface area contributed by atoms with Crippen molar-refractivity contribution in [2.24, 2.45) is 7.05 Å². The number of hydrogen-bond donors (Lipinski definition) is 0. The van der Waals surface area contributed by atoms with Gasteiger partial charge in [0.25, 0.3) is 12.3 Å². The lowest BCUT2D eigenvalue weighted by atomic mass is 10.1. The van der Waals surface area contributed by atoms with Crippen LogP contribution in [0, 0.1) is 12.7 Å². The molecule has 23 heavy (non-hydrogen) atoms. The molecule has 0 atom stereocenters. The minimum atomic E-state index is -2.65. The van der Waals surface area contributed by atoms with Gasteiger partial charge in [0.05, 0.1) is 0 Å². The Morgan fingerprint density at radius 1 is 1.30 bits per heavy atom. The number of nitrogens with zero attached hydrogens (tertiary/aromatic N) is 4. The lowest BCUT2D eigenvalue weighted by Crippen LogP contribution is -1.98. The fourth-order valence-corrected chi connectivity index (χ4v) is 2.27. The highest BCUT2D eigenvalue weighted by Gasteiger charge is 2.19. The Hall–Kier alpha value is -2.64. The predicted octanol–water partition coefficient (Wildman–Crippen LogP) is 3.45. The van der Waals surface area contributed by atoms with Gasteiger partial charge < -0.3 is 4.52 Å². The quantitative estimate of drug-likeness (QED) is 0.738. The smallest absolute Gasteiger partial charge is 0.280 e. The molecule has 3 aromatic rings. The second-order valence-corrected chi connectivity index (χ2v) is 5.11. The van der Waals surface area contributed by atoms with Crippen molar-refractivity contribution in [1.82, 2.24) is 19.9 Å². The number of aryl methyl sites for hydroxylation is 2. The van der Waals surface area contributed by atoms with Crippen LogP contribution in [0.3, 0.4) is 0 Å².